The van der Waals surface area contributed by atoms with Crippen LogP contribution in [0.4, 0.5) is 10.8 Å². The van der Waals surface area contributed by atoms with Crippen LogP contribution in [0.1, 0.15) is 20.3 Å². The lowest BCUT2D eigenvalue weighted by Crippen LogP contribution is -2.28. The highest BCUT2D eigenvalue weighted by atomic mass is 32.2. The Balaban J connectivity index is 1.54. The van der Waals surface area contributed by atoms with Gasteiger partial charge in [-0.15, -0.1) is 10.2 Å². The van der Waals surface area contributed by atoms with Gasteiger partial charge in [0.2, 0.25) is 16.9 Å². The van der Waals surface area contributed by atoms with Crippen molar-refractivity contribution in [3.05, 3.63) is 24.3 Å². The van der Waals surface area contributed by atoms with Gasteiger partial charge < -0.3 is 19.7 Å². The number of esters is 1. The Labute approximate surface area is 182 Å². The van der Waals surface area contributed by atoms with E-state index >= 15 is 0 Å². The minimum Gasteiger partial charge on any atom is -0.494 e. The van der Waals surface area contributed by atoms with Crippen LogP contribution < -0.4 is 15.0 Å². The van der Waals surface area contributed by atoms with Crippen LogP contribution in [0.3, 0.4) is 0 Å². The van der Waals surface area contributed by atoms with Gasteiger partial charge in [0.25, 0.3) is 0 Å². The molecule has 1 saturated heterocycles. The van der Waals surface area contributed by atoms with Crippen LogP contribution in [0, 0.1) is 5.92 Å². The number of ether oxygens (including phenoxy) is 2. The Morgan fingerprint density at radius 3 is 2.70 bits per heavy atom. The summed E-state index contributed by atoms with van der Waals surface area (Å²) in [7, 11) is 0. The van der Waals surface area contributed by atoms with Gasteiger partial charge in [0.05, 0.1) is 24.9 Å². The van der Waals surface area contributed by atoms with E-state index in [-0.39, 0.29) is 30.0 Å². The van der Waals surface area contributed by atoms with Crippen molar-refractivity contribution in [1.82, 2.24) is 10.2 Å². The number of rotatable bonds is 9. The normalized spacial score (nSPS) is 15.9. The second kappa shape index (κ2) is 10.4. The lowest BCUT2D eigenvalue weighted by atomic mass is 10.1. The Kier molecular flexibility index (Phi) is 7.63. The predicted molar refractivity (Wildman–Crippen MR) is 114 cm³/mol. The number of carbonyl (C=O) groups is 3. The van der Waals surface area contributed by atoms with E-state index in [9.17, 15) is 14.4 Å². The first-order valence-corrected chi connectivity index (χ1v) is 11.3. The van der Waals surface area contributed by atoms with E-state index in [1.165, 1.54) is 23.1 Å². The van der Waals surface area contributed by atoms with Crippen molar-refractivity contribution in [3.63, 3.8) is 0 Å². The van der Waals surface area contributed by atoms with Crippen LogP contribution >= 0.6 is 23.1 Å². The Hall–Kier alpha value is -2.66. The fourth-order valence-corrected chi connectivity index (χ4v) is 4.42. The summed E-state index contributed by atoms with van der Waals surface area (Å²) in [4.78, 5) is 38.0. The van der Waals surface area contributed by atoms with Crippen LogP contribution in [0.5, 0.6) is 5.75 Å². The van der Waals surface area contributed by atoms with Crippen LogP contribution in [0.2, 0.25) is 0 Å². The number of carbonyl (C=O) groups excluding carboxylic acids is 3. The third-order valence-electron chi connectivity index (χ3n) is 4.21. The first kappa shape index (κ1) is 22.0. The first-order valence-electron chi connectivity index (χ1n) is 9.46. The SMILES string of the molecule is CCOC(=O)CSc1nnc(NC(=O)C2CC(=O)N(c3ccc(OCC)cc3)C2)s1. The topological polar surface area (TPSA) is 111 Å². The molecule has 1 fully saturated rings. The standard InChI is InChI=1S/C19H22N4O5S2/c1-3-27-14-7-5-13(6-8-14)23-10-12(9-15(23)24)17(26)20-18-21-22-19(30-18)29-11-16(25)28-4-2/h5-8,12H,3-4,9-11H2,1-2H3,(H,20,21,26). The van der Waals surface area contributed by atoms with E-state index in [4.69, 9.17) is 9.47 Å². The minimum absolute atomic E-state index is 0.109. The molecule has 0 aliphatic carbocycles. The molecule has 1 aromatic carbocycles. The molecule has 3 rings (SSSR count). The largest absolute Gasteiger partial charge is 0.494 e. The number of hydrogen-bond donors (Lipinski definition) is 1. The fourth-order valence-electron chi connectivity index (χ4n) is 2.87. The summed E-state index contributed by atoms with van der Waals surface area (Å²) in [5.74, 6) is -0.345. The van der Waals surface area contributed by atoms with E-state index < -0.39 is 5.92 Å². The molecule has 1 aromatic heterocycles. The third-order valence-corrected chi connectivity index (χ3v) is 6.16. The molecule has 2 amide bonds. The van der Waals surface area contributed by atoms with E-state index in [1.54, 1.807) is 36.1 Å². The lowest BCUT2D eigenvalue weighted by Gasteiger charge is -2.17. The van der Waals surface area contributed by atoms with Gasteiger partial charge in [-0.3, -0.25) is 14.4 Å². The summed E-state index contributed by atoms with van der Waals surface area (Å²) >= 11 is 2.37. The molecule has 9 nitrogen and oxygen atoms in total. The van der Waals surface area contributed by atoms with Crippen molar-refractivity contribution in [2.75, 3.05) is 35.7 Å². The molecule has 160 valence electrons. The van der Waals surface area contributed by atoms with Gasteiger partial charge in [0.1, 0.15) is 5.75 Å². The zero-order valence-corrected chi connectivity index (χ0v) is 18.3. The molecule has 2 aromatic rings. The highest BCUT2D eigenvalue weighted by Gasteiger charge is 2.35. The number of anilines is 2. The summed E-state index contributed by atoms with van der Waals surface area (Å²) in [5.41, 5.74) is 0.729. The number of thioether (sulfide) groups is 1. The second-order valence-electron chi connectivity index (χ2n) is 6.29. The van der Waals surface area contributed by atoms with Gasteiger partial charge in [-0.25, -0.2) is 0 Å². The highest BCUT2D eigenvalue weighted by Crippen LogP contribution is 2.29. The van der Waals surface area contributed by atoms with Gasteiger partial charge in [-0.1, -0.05) is 23.1 Å². The van der Waals surface area contributed by atoms with Gasteiger partial charge in [0, 0.05) is 18.7 Å². The monoisotopic (exact) mass is 450 g/mol. The maximum atomic E-state index is 12.6. The zero-order chi connectivity index (χ0) is 21.5. The van der Waals surface area contributed by atoms with Crippen molar-refractivity contribution < 1.29 is 23.9 Å². The quantitative estimate of drug-likeness (QED) is 0.353. The molecule has 2 heterocycles. The first-order chi connectivity index (χ1) is 14.5. The molecule has 1 atom stereocenters. The number of nitrogens with one attached hydrogen (secondary N) is 1. The Morgan fingerprint density at radius 1 is 1.23 bits per heavy atom. The number of nitrogens with zero attached hydrogens (tertiary/aromatic N) is 3. The van der Waals surface area contributed by atoms with Gasteiger partial charge in [-0.2, -0.15) is 0 Å². The Bertz CT molecular complexity index is 903. The molecule has 1 aliphatic rings. The van der Waals surface area contributed by atoms with Gasteiger partial charge in [0.15, 0.2) is 4.34 Å². The van der Waals surface area contributed by atoms with Crippen LogP contribution in [0.15, 0.2) is 28.6 Å². The summed E-state index contributed by atoms with van der Waals surface area (Å²) in [6, 6.07) is 7.22. The molecule has 0 saturated carbocycles. The molecule has 0 spiro atoms. The summed E-state index contributed by atoms with van der Waals surface area (Å²) in [6.45, 7) is 4.83. The number of aromatic nitrogens is 2. The maximum absolute atomic E-state index is 12.6. The molecule has 1 unspecified atom stereocenters. The molecule has 1 N–H and O–H groups in total. The Morgan fingerprint density at radius 2 is 2.00 bits per heavy atom. The molecular formula is C19H22N4O5S2. The number of amides is 2. The summed E-state index contributed by atoms with van der Waals surface area (Å²) < 4.78 is 10.8. The summed E-state index contributed by atoms with van der Waals surface area (Å²) in [5, 5.41) is 10.9. The van der Waals surface area contributed by atoms with Crippen molar-refractivity contribution in [2.24, 2.45) is 5.92 Å². The summed E-state index contributed by atoms with van der Waals surface area (Å²) in [6.07, 6.45) is 0.127. The predicted octanol–water partition coefficient (Wildman–Crippen LogP) is 2.58. The molecular weight excluding hydrogens is 428 g/mol. The van der Waals surface area contributed by atoms with Gasteiger partial charge >= 0.3 is 5.97 Å². The van der Waals surface area contributed by atoms with E-state index in [1.807, 2.05) is 6.92 Å². The molecule has 11 heteroatoms. The van der Waals surface area contributed by atoms with E-state index in [0.717, 1.165) is 11.4 Å². The van der Waals surface area contributed by atoms with Crippen molar-refractivity contribution in [1.29, 1.82) is 0 Å². The average Bonchev–Trinajstić information content (AvgIpc) is 3.34. The average molecular weight is 451 g/mol. The lowest BCUT2D eigenvalue weighted by molar-refractivity contribution is -0.139. The van der Waals surface area contributed by atoms with Gasteiger partial charge in [-0.05, 0) is 38.1 Å². The number of hydrogen-bond acceptors (Lipinski definition) is 9. The van der Waals surface area contributed by atoms with Crippen molar-refractivity contribution >= 4 is 51.7 Å². The van der Waals surface area contributed by atoms with Crippen molar-refractivity contribution in [3.8, 4) is 5.75 Å². The highest BCUT2D eigenvalue weighted by molar-refractivity contribution is 8.01. The number of benzene rings is 1. The van der Waals surface area contributed by atoms with E-state index in [2.05, 4.69) is 15.5 Å². The van der Waals surface area contributed by atoms with Crippen LogP contribution in [0.25, 0.3) is 0 Å². The fraction of sp³-hybridized carbons (Fsp3) is 0.421. The zero-order valence-electron chi connectivity index (χ0n) is 16.6. The van der Waals surface area contributed by atoms with Crippen molar-refractivity contribution in [2.45, 2.75) is 24.6 Å². The third kappa shape index (κ3) is 5.70. The minimum atomic E-state index is -0.483. The molecule has 1 aliphatic heterocycles. The van der Waals surface area contributed by atoms with Crippen LogP contribution in [-0.4, -0.2) is 53.5 Å². The van der Waals surface area contributed by atoms with E-state index in [0.29, 0.717) is 29.2 Å². The second-order valence-corrected chi connectivity index (χ2v) is 8.49. The molecule has 0 bridgehead atoms. The molecule has 30 heavy (non-hydrogen) atoms. The smallest absolute Gasteiger partial charge is 0.316 e. The molecule has 0 radical (unpaired) electrons. The van der Waals surface area contributed by atoms with Crippen LogP contribution in [-0.2, 0) is 19.1 Å². The maximum Gasteiger partial charge on any atom is 0.316 e.